The van der Waals surface area contributed by atoms with Crippen LogP contribution < -0.4 is 10.5 Å². The number of benzene rings is 2. The summed E-state index contributed by atoms with van der Waals surface area (Å²) in [5.74, 6) is 0.481. The lowest BCUT2D eigenvalue weighted by Crippen LogP contribution is -2.27. The number of rotatable bonds is 4. The predicted molar refractivity (Wildman–Crippen MR) is 87.3 cm³/mol. The molecule has 2 aromatic carbocycles. The summed E-state index contributed by atoms with van der Waals surface area (Å²) in [6.45, 7) is 0.509. The zero-order chi connectivity index (χ0) is 15.4. The molecule has 0 bridgehead atoms. The summed E-state index contributed by atoms with van der Waals surface area (Å²) in [4.78, 5) is 14.1. The monoisotopic (exact) mass is 348 g/mol. The van der Waals surface area contributed by atoms with Gasteiger partial charge in [0.05, 0.1) is 12.7 Å². The van der Waals surface area contributed by atoms with Crippen molar-refractivity contribution in [2.75, 3.05) is 19.9 Å². The van der Waals surface area contributed by atoms with Crippen molar-refractivity contribution in [3.05, 3.63) is 58.1 Å². The lowest BCUT2D eigenvalue weighted by Gasteiger charge is -2.19. The van der Waals surface area contributed by atoms with E-state index in [9.17, 15) is 4.79 Å². The van der Waals surface area contributed by atoms with E-state index in [4.69, 9.17) is 10.5 Å². The Bertz CT molecular complexity index is 658. The van der Waals surface area contributed by atoms with E-state index in [1.165, 1.54) is 0 Å². The van der Waals surface area contributed by atoms with Crippen molar-refractivity contribution in [1.82, 2.24) is 4.90 Å². The molecule has 21 heavy (non-hydrogen) atoms. The van der Waals surface area contributed by atoms with E-state index in [-0.39, 0.29) is 5.91 Å². The van der Waals surface area contributed by atoms with Gasteiger partial charge in [-0.25, -0.2) is 0 Å². The number of carbonyl (C=O) groups is 1. The number of hydrogen-bond donors (Lipinski definition) is 1. The maximum Gasteiger partial charge on any atom is 0.256 e. The van der Waals surface area contributed by atoms with Crippen LogP contribution in [-0.4, -0.2) is 25.0 Å². The van der Waals surface area contributed by atoms with Gasteiger partial charge >= 0.3 is 0 Å². The van der Waals surface area contributed by atoms with Gasteiger partial charge in [-0.1, -0.05) is 28.1 Å². The summed E-state index contributed by atoms with van der Waals surface area (Å²) in [5, 5.41) is 0. The van der Waals surface area contributed by atoms with E-state index in [0.717, 1.165) is 10.0 Å². The van der Waals surface area contributed by atoms with Gasteiger partial charge in [0, 0.05) is 23.8 Å². The van der Waals surface area contributed by atoms with E-state index in [1.807, 2.05) is 24.3 Å². The second-order valence-corrected chi connectivity index (χ2v) is 5.66. The Hall–Kier alpha value is -2.01. The van der Waals surface area contributed by atoms with Crippen molar-refractivity contribution in [1.29, 1.82) is 0 Å². The maximum absolute atomic E-state index is 12.5. The van der Waals surface area contributed by atoms with Crippen LogP contribution in [0, 0.1) is 0 Å². The minimum absolute atomic E-state index is 0.133. The quantitative estimate of drug-likeness (QED) is 0.862. The molecule has 0 saturated heterocycles. The molecular weight excluding hydrogens is 332 g/mol. The van der Waals surface area contributed by atoms with Crippen molar-refractivity contribution in [3.63, 3.8) is 0 Å². The Balaban J connectivity index is 2.19. The molecule has 5 heteroatoms. The first-order valence-corrected chi connectivity index (χ1v) is 7.24. The molecule has 0 aliphatic carbocycles. The first kappa shape index (κ1) is 15.4. The minimum Gasteiger partial charge on any atom is -0.497 e. The highest BCUT2D eigenvalue weighted by Crippen LogP contribution is 2.21. The molecule has 0 unspecified atom stereocenters. The fraction of sp³-hybridized carbons (Fsp3) is 0.188. The molecule has 4 nitrogen and oxygen atoms in total. The van der Waals surface area contributed by atoms with E-state index >= 15 is 0 Å². The molecule has 1 amide bonds. The summed E-state index contributed by atoms with van der Waals surface area (Å²) >= 11 is 3.42. The number of nitrogens with two attached hydrogens (primary N) is 1. The summed E-state index contributed by atoms with van der Waals surface area (Å²) in [5.41, 5.74) is 7.83. The van der Waals surface area contributed by atoms with Crippen LogP contribution in [0.15, 0.2) is 46.9 Å². The number of nitrogens with zero attached hydrogens (tertiary/aromatic N) is 1. The lowest BCUT2D eigenvalue weighted by molar-refractivity contribution is 0.0786. The van der Waals surface area contributed by atoms with Crippen molar-refractivity contribution < 1.29 is 9.53 Å². The summed E-state index contributed by atoms with van der Waals surface area (Å²) < 4.78 is 6.13. The van der Waals surface area contributed by atoms with E-state index < -0.39 is 0 Å². The normalized spacial score (nSPS) is 10.2. The second kappa shape index (κ2) is 6.63. The molecule has 2 rings (SSSR count). The molecule has 0 spiro atoms. The fourth-order valence-electron chi connectivity index (χ4n) is 2.03. The Labute approximate surface area is 132 Å². The lowest BCUT2D eigenvalue weighted by atomic mass is 10.1. The Morgan fingerprint density at radius 1 is 1.29 bits per heavy atom. The number of ether oxygens (including phenoxy) is 1. The molecule has 0 fully saturated rings. The molecular formula is C16H17BrN2O2. The molecule has 0 radical (unpaired) electrons. The van der Waals surface area contributed by atoms with Crippen LogP contribution in [0.3, 0.4) is 0 Å². The standard InChI is InChI=1S/C16H17BrN2O2/c1-19(10-11-4-3-5-12(17)8-11)16(20)14-9-13(21-2)6-7-15(14)18/h3-9H,10,18H2,1-2H3. The Kier molecular flexibility index (Phi) is 4.85. The van der Waals surface area contributed by atoms with Crippen LogP contribution in [0.4, 0.5) is 5.69 Å². The first-order valence-electron chi connectivity index (χ1n) is 6.44. The number of methoxy groups -OCH3 is 1. The second-order valence-electron chi connectivity index (χ2n) is 4.74. The third-order valence-corrected chi connectivity index (χ3v) is 3.64. The molecule has 110 valence electrons. The molecule has 0 saturated carbocycles. The van der Waals surface area contributed by atoms with Crippen LogP contribution in [0.1, 0.15) is 15.9 Å². The summed E-state index contributed by atoms with van der Waals surface area (Å²) in [7, 11) is 3.31. The van der Waals surface area contributed by atoms with Crippen LogP contribution in [0.2, 0.25) is 0 Å². The molecule has 2 N–H and O–H groups in total. The SMILES string of the molecule is COc1ccc(N)c(C(=O)N(C)Cc2cccc(Br)c2)c1. The molecule has 0 heterocycles. The van der Waals surface area contributed by atoms with Crippen molar-refractivity contribution in [3.8, 4) is 5.75 Å². The summed E-state index contributed by atoms with van der Waals surface area (Å²) in [6, 6.07) is 12.9. The maximum atomic E-state index is 12.5. The van der Waals surface area contributed by atoms with Gasteiger partial charge in [0.25, 0.3) is 5.91 Å². The van der Waals surface area contributed by atoms with Crippen LogP contribution in [-0.2, 0) is 6.54 Å². The molecule has 0 aliphatic rings. The van der Waals surface area contributed by atoms with Gasteiger partial charge in [-0.3, -0.25) is 4.79 Å². The Morgan fingerprint density at radius 2 is 2.05 bits per heavy atom. The number of amides is 1. The van der Waals surface area contributed by atoms with Crippen LogP contribution >= 0.6 is 15.9 Å². The van der Waals surface area contributed by atoms with Crippen molar-refractivity contribution in [2.24, 2.45) is 0 Å². The van der Waals surface area contributed by atoms with Gasteiger partial charge in [0.2, 0.25) is 0 Å². The Morgan fingerprint density at radius 3 is 2.71 bits per heavy atom. The molecule has 2 aromatic rings. The topological polar surface area (TPSA) is 55.6 Å². The first-order chi connectivity index (χ1) is 10.0. The van der Waals surface area contributed by atoms with Gasteiger partial charge in [0.1, 0.15) is 5.75 Å². The van der Waals surface area contributed by atoms with E-state index in [0.29, 0.717) is 23.5 Å². The number of anilines is 1. The van der Waals surface area contributed by atoms with Crippen molar-refractivity contribution in [2.45, 2.75) is 6.54 Å². The minimum atomic E-state index is -0.133. The van der Waals surface area contributed by atoms with Gasteiger partial charge in [-0.05, 0) is 35.9 Å². The zero-order valence-electron chi connectivity index (χ0n) is 12.0. The van der Waals surface area contributed by atoms with Gasteiger partial charge in [0.15, 0.2) is 0 Å². The molecule has 0 aliphatic heterocycles. The highest BCUT2D eigenvalue weighted by atomic mass is 79.9. The fourth-order valence-corrected chi connectivity index (χ4v) is 2.48. The predicted octanol–water partition coefficient (Wildman–Crippen LogP) is 3.31. The number of carbonyl (C=O) groups excluding carboxylic acids is 1. The zero-order valence-corrected chi connectivity index (χ0v) is 13.6. The average molecular weight is 349 g/mol. The number of hydrogen-bond acceptors (Lipinski definition) is 3. The highest BCUT2D eigenvalue weighted by molar-refractivity contribution is 9.10. The van der Waals surface area contributed by atoms with Crippen LogP contribution in [0.25, 0.3) is 0 Å². The van der Waals surface area contributed by atoms with E-state index in [1.54, 1.807) is 37.3 Å². The summed E-state index contributed by atoms with van der Waals surface area (Å²) in [6.07, 6.45) is 0. The van der Waals surface area contributed by atoms with E-state index in [2.05, 4.69) is 15.9 Å². The largest absolute Gasteiger partial charge is 0.497 e. The molecule has 0 aromatic heterocycles. The van der Waals surface area contributed by atoms with Crippen molar-refractivity contribution >= 4 is 27.5 Å². The number of halogens is 1. The van der Waals surface area contributed by atoms with Crippen LogP contribution in [0.5, 0.6) is 5.75 Å². The number of nitrogen functional groups attached to an aromatic ring is 1. The highest BCUT2D eigenvalue weighted by Gasteiger charge is 2.16. The smallest absolute Gasteiger partial charge is 0.256 e. The third-order valence-electron chi connectivity index (χ3n) is 3.15. The molecule has 0 atom stereocenters. The van der Waals surface area contributed by atoms with Gasteiger partial charge < -0.3 is 15.4 Å². The van der Waals surface area contributed by atoms with Gasteiger partial charge in [-0.2, -0.15) is 0 Å². The van der Waals surface area contributed by atoms with Gasteiger partial charge in [-0.15, -0.1) is 0 Å². The third kappa shape index (κ3) is 3.76. The average Bonchev–Trinajstić information content (AvgIpc) is 2.47.